The first-order valence-electron chi connectivity index (χ1n) is 35.3. The van der Waals surface area contributed by atoms with Gasteiger partial charge in [-0.3, -0.25) is 37.3 Å². The van der Waals surface area contributed by atoms with Gasteiger partial charge in [-0.05, 0) is 25.7 Å². The minimum absolute atomic E-state index is 0.106. The number of ether oxygens (including phenoxy) is 4. The van der Waals surface area contributed by atoms with Crippen molar-refractivity contribution in [2.45, 2.75) is 367 Å². The van der Waals surface area contributed by atoms with Crippen LogP contribution in [0, 0.1) is 0 Å². The summed E-state index contributed by atoms with van der Waals surface area (Å²) in [7, 11) is -9.88. The van der Waals surface area contributed by atoms with Gasteiger partial charge < -0.3 is 33.8 Å². The first-order chi connectivity index (χ1) is 41.7. The summed E-state index contributed by atoms with van der Waals surface area (Å²) in [6.07, 6.45) is 48.6. The van der Waals surface area contributed by atoms with E-state index in [1.165, 1.54) is 180 Å². The van der Waals surface area contributed by atoms with Gasteiger partial charge in [0.15, 0.2) is 12.2 Å². The third-order valence-corrected chi connectivity index (χ3v) is 17.5. The number of hydrogen-bond acceptors (Lipinski definition) is 15. The van der Waals surface area contributed by atoms with Crippen molar-refractivity contribution in [3.05, 3.63) is 0 Å². The molecule has 0 aromatic rings. The Labute approximate surface area is 524 Å². The van der Waals surface area contributed by atoms with E-state index >= 15 is 0 Å². The minimum Gasteiger partial charge on any atom is -0.462 e. The normalized spacial score (nSPS) is 14.1. The third kappa shape index (κ3) is 60.9. The predicted molar refractivity (Wildman–Crippen MR) is 345 cm³/mol. The molecule has 0 aliphatic rings. The summed E-state index contributed by atoms with van der Waals surface area (Å²) in [4.78, 5) is 72.2. The van der Waals surface area contributed by atoms with Gasteiger partial charge >= 0.3 is 39.5 Å². The summed E-state index contributed by atoms with van der Waals surface area (Å²) < 4.78 is 68.0. The van der Waals surface area contributed by atoms with Crippen LogP contribution in [0.5, 0.6) is 0 Å². The van der Waals surface area contributed by atoms with Gasteiger partial charge in [0.05, 0.1) is 26.4 Å². The number of carbonyl (C=O) groups is 4. The van der Waals surface area contributed by atoms with E-state index in [4.69, 9.17) is 37.0 Å². The molecule has 0 saturated carbocycles. The van der Waals surface area contributed by atoms with Gasteiger partial charge in [-0.1, -0.05) is 297 Å². The van der Waals surface area contributed by atoms with Crippen LogP contribution >= 0.6 is 15.6 Å². The fraction of sp³-hybridized carbons (Fsp3) is 0.940. The Bertz CT molecular complexity index is 1650. The molecule has 0 amide bonds. The largest absolute Gasteiger partial charge is 0.472 e. The average molecular weight is 1270 g/mol. The number of phosphoric acid groups is 2. The van der Waals surface area contributed by atoms with Gasteiger partial charge in [0.1, 0.15) is 19.3 Å². The molecule has 2 unspecified atom stereocenters. The van der Waals surface area contributed by atoms with Gasteiger partial charge in [0.2, 0.25) is 0 Å². The Kier molecular flexibility index (Phi) is 60.5. The van der Waals surface area contributed by atoms with Crippen molar-refractivity contribution in [3.8, 4) is 0 Å². The smallest absolute Gasteiger partial charge is 0.462 e. The zero-order valence-corrected chi connectivity index (χ0v) is 57.1. The molecule has 0 fully saturated rings. The Morgan fingerprint density at radius 1 is 0.279 bits per heavy atom. The number of phosphoric ester groups is 2. The van der Waals surface area contributed by atoms with E-state index < -0.39 is 97.5 Å². The van der Waals surface area contributed by atoms with Crippen LogP contribution in [0.1, 0.15) is 349 Å². The Hall–Kier alpha value is -1.94. The highest BCUT2D eigenvalue weighted by molar-refractivity contribution is 7.47. The van der Waals surface area contributed by atoms with Crippen molar-refractivity contribution >= 4 is 39.5 Å². The lowest BCUT2D eigenvalue weighted by molar-refractivity contribution is -0.161. The topological polar surface area (TPSA) is 237 Å². The lowest BCUT2D eigenvalue weighted by Crippen LogP contribution is -2.30. The summed E-state index contributed by atoms with van der Waals surface area (Å²) >= 11 is 0. The number of rotatable bonds is 68. The Morgan fingerprint density at radius 3 is 0.686 bits per heavy atom. The highest BCUT2D eigenvalue weighted by atomic mass is 31.2. The van der Waals surface area contributed by atoms with E-state index in [0.717, 1.165) is 89.9 Å². The maximum atomic E-state index is 13.0. The molecule has 86 heavy (non-hydrogen) atoms. The van der Waals surface area contributed by atoms with E-state index in [2.05, 4.69) is 27.7 Å². The van der Waals surface area contributed by atoms with Gasteiger partial charge in [0, 0.05) is 25.7 Å². The van der Waals surface area contributed by atoms with Crippen LogP contribution in [0.4, 0.5) is 0 Å². The molecule has 0 rings (SSSR count). The standard InChI is InChI=1S/C67H130O17P2/c1-5-9-13-17-21-25-27-28-29-30-31-32-33-34-38-42-46-50-54-67(72)84-63(58-78-65(70)52-48-44-40-37-26-22-18-14-10-6-2)60-82-86(75,76)80-56-61(68)55-79-85(73,74)81-59-62(83-66(71)53-49-45-41-36-24-20-16-12-8-4)57-77-64(69)51-47-43-39-35-23-19-15-11-7-3/h61-63,68H,5-60H2,1-4H3,(H,73,74)(H,75,76)/t61-,62+,63+/m0/s1. The van der Waals surface area contributed by atoms with Crippen LogP contribution in [0.2, 0.25) is 0 Å². The van der Waals surface area contributed by atoms with Crippen LogP contribution in [0.15, 0.2) is 0 Å². The average Bonchev–Trinajstić information content (AvgIpc) is 3.70. The second kappa shape index (κ2) is 61.9. The number of unbranched alkanes of at least 4 members (excludes halogenated alkanes) is 42. The van der Waals surface area contributed by atoms with Crippen LogP contribution < -0.4 is 0 Å². The van der Waals surface area contributed by atoms with Crippen LogP contribution in [-0.4, -0.2) is 96.7 Å². The second-order valence-electron chi connectivity index (χ2n) is 24.2. The number of aliphatic hydroxyl groups is 1. The molecule has 510 valence electrons. The zero-order valence-electron chi connectivity index (χ0n) is 55.3. The Morgan fingerprint density at radius 2 is 0.465 bits per heavy atom. The maximum absolute atomic E-state index is 13.0. The molecule has 0 radical (unpaired) electrons. The SMILES string of the molecule is CCCCCCCCCCCCCCCCCCCCC(=O)O[C@H](COC(=O)CCCCCCCCCCCC)COP(=O)(O)OC[C@@H](O)COP(=O)(O)OC[C@@H](COC(=O)CCCCCCCCCCC)OC(=O)CCCCCCCCCCC. The molecule has 5 atom stereocenters. The molecule has 17 nitrogen and oxygen atoms in total. The van der Waals surface area contributed by atoms with E-state index in [-0.39, 0.29) is 25.7 Å². The van der Waals surface area contributed by atoms with Crippen molar-refractivity contribution in [1.82, 2.24) is 0 Å². The molecular weight excluding hydrogens is 1140 g/mol. The zero-order chi connectivity index (χ0) is 63.3. The molecule has 0 aliphatic carbocycles. The first kappa shape index (κ1) is 84.1. The predicted octanol–water partition coefficient (Wildman–Crippen LogP) is 19.1. The number of aliphatic hydroxyl groups excluding tert-OH is 1. The molecule has 0 bridgehead atoms. The number of carbonyl (C=O) groups excluding carboxylic acids is 4. The van der Waals surface area contributed by atoms with Gasteiger partial charge in [-0.15, -0.1) is 0 Å². The van der Waals surface area contributed by atoms with Crippen molar-refractivity contribution in [1.29, 1.82) is 0 Å². The van der Waals surface area contributed by atoms with Gasteiger partial charge in [0.25, 0.3) is 0 Å². The maximum Gasteiger partial charge on any atom is 0.472 e. The molecule has 0 saturated heterocycles. The fourth-order valence-corrected chi connectivity index (χ4v) is 11.7. The molecular formula is C67H130O17P2. The quantitative estimate of drug-likeness (QED) is 0.0222. The van der Waals surface area contributed by atoms with Gasteiger partial charge in [-0.2, -0.15) is 0 Å². The summed E-state index contributed by atoms with van der Waals surface area (Å²) in [5.41, 5.74) is 0. The molecule has 0 aromatic heterocycles. The third-order valence-electron chi connectivity index (χ3n) is 15.6. The summed E-state index contributed by atoms with van der Waals surface area (Å²) in [6, 6.07) is 0. The molecule has 0 aliphatic heterocycles. The van der Waals surface area contributed by atoms with Crippen molar-refractivity contribution in [2.75, 3.05) is 39.6 Å². The lowest BCUT2D eigenvalue weighted by Gasteiger charge is -2.21. The molecule has 19 heteroatoms. The first-order valence-corrected chi connectivity index (χ1v) is 38.3. The van der Waals surface area contributed by atoms with Gasteiger partial charge in [-0.25, -0.2) is 9.13 Å². The highest BCUT2D eigenvalue weighted by Gasteiger charge is 2.30. The monoisotopic (exact) mass is 1270 g/mol. The fourth-order valence-electron chi connectivity index (χ4n) is 10.2. The summed E-state index contributed by atoms with van der Waals surface area (Å²) in [5.74, 6) is -2.13. The van der Waals surface area contributed by atoms with E-state index in [1.54, 1.807) is 0 Å². The Balaban J connectivity index is 5.17. The summed E-state index contributed by atoms with van der Waals surface area (Å²) in [6.45, 7) is 4.88. The van der Waals surface area contributed by atoms with Crippen molar-refractivity contribution in [2.24, 2.45) is 0 Å². The lowest BCUT2D eigenvalue weighted by atomic mass is 10.0. The van der Waals surface area contributed by atoms with Crippen molar-refractivity contribution in [3.63, 3.8) is 0 Å². The second-order valence-corrected chi connectivity index (χ2v) is 27.1. The van der Waals surface area contributed by atoms with E-state index in [0.29, 0.717) is 25.7 Å². The van der Waals surface area contributed by atoms with Crippen LogP contribution in [0.25, 0.3) is 0 Å². The van der Waals surface area contributed by atoms with E-state index in [9.17, 15) is 43.2 Å². The van der Waals surface area contributed by atoms with Crippen molar-refractivity contribution < 1.29 is 80.2 Å². The molecule has 3 N–H and O–H groups in total. The molecule has 0 spiro atoms. The van der Waals surface area contributed by atoms with Crippen LogP contribution in [0.3, 0.4) is 0 Å². The van der Waals surface area contributed by atoms with Crippen LogP contribution in [-0.2, 0) is 65.4 Å². The van der Waals surface area contributed by atoms with E-state index in [1.807, 2.05) is 0 Å². The number of esters is 4. The minimum atomic E-state index is -4.94. The number of hydrogen-bond donors (Lipinski definition) is 3. The highest BCUT2D eigenvalue weighted by Crippen LogP contribution is 2.45. The molecule has 0 aromatic carbocycles. The molecule has 0 heterocycles. The summed E-state index contributed by atoms with van der Waals surface area (Å²) in [5, 5.41) is 10.5.